The van der Waals surface area contributed by atoms with Crippen molar-refractivity contribution in [2.45, 2.75) is 70.1 Å². The lowest BCUT2D eigenvalue weighted by Gasteiger charge is -2.39. The van der Waals surface area contributed by atoms with E-state index in [-0.39, 0.29) is 37.2 Å². The highest BCUT2D eigenvalue weighted by atomic mass is 19.1. The Hall–Kier alpha value is -3.11. The van der Waals surface area contributed by atoms with Crippen LogP contribution in [0.15, 0.2) is 53.8 Å². The van der Waals surface area contributed by atoms with Gasteiger partial charge in [-0.2, -0.15) is 0 Å². The van der Waals surface area contributed by atoms with Gasteiger partial charge in [0.05, 0.1) is 33.3 Å². The Morgan fingerprint density at radius 3 is 2.45 bits per heavy atom. The van der Waals surface area contributed by atoms with E-state index in [9.17, 15) is 14.4 Å². The first kappa shape index (κ1) is 35.1. The molecule has 1 saturated heterocycles. The van der Waals surface area contributed by atoms with Crippen LogP contribution in [0.5, 0.6) is 0 Å². The fourth-order valence-corrected chi connectivity index (χ4v) is 4.93. The molecule has 0 saturated carbocycles. The molecule has 2 amide bonds. The van der Waals surface area contributed by atoms with Gasteiger partial charge in [-0.1, -0.05) is 36.4 Å². The van der Waals surface area contributed by atoms with Crippen molar-refractivity contribution in [3.05, 3.63) is 70.7 Å². The van der Waals surface area contributed by atoms with Gasteiger partial charge in [0, 0.05) is 51.4 Å². The number of halogens is 1. The second kappa shape index (κ2) is 15.9. The Kier molecular flexibility index (Phi) is 13.3. The van der Waals surface area contributed by atoms with Crippen LogP contribution in [0.2, 0.25) is 0 Å². The number of rotatable bonds is 15. The van der Waals surface area contributed by atoms with Crippen molar-refractivity contribution >= 4 is 42.1 Å². The summed E-state index contributed by atoms with van der Waals surface area (Å²) in [5, 5.41) is 3.53. The van der Waals surface area contributed by atoms with E-state index in [0.29, 0.717) is 49.0 Å². The summed E-state index contributed by atoms with van der Waals surface area (Å²) in [6.45, 7) is 9.18. The average molecular weight is 572 g/mol. The molecule has 1 aliphatic rings. The third kappa shape index (κ3) is 9.20. The summed E-state index contributed by atoms with van der Waals surface area (Å²) in [7, 11) is 20.6. The van der Waals surface area contributed by atoms with Crippen molar-refractivity contribution in [1.29, 1.82) is 0 Å². The molecular formula is C30H40B3FN4O4. The first-order chi connectivity index (χ1) is 19.8. The van der Waals surface area contributed by atoms with E-state index in [2.05, 4.69) is 15.5 Å². The van der Waals surface area contributed by atoms with Gasteiger partial charge < -0.3 is 25.1 Å². The maximum absolute atomic E-state index is 15.8. The summed E-state index contributed by atoms with van der Waals surface area (Å²) in [5.74, 6) is -1.16. The number of aldehydes is 1. The molecule has 42 heavy (non-hydrogen) atoms. The topological polar surface area (TPSA) is 91.0 Å². The normalized spacial score (nSPS) is 20.1. The molecule has 0 aliphatic carbocycles. The molecule has 0 bridgehead atoms. The van der Waals surface area contributed by atoms with Crippen LogP contribution in [-0.4, -0.2) is 96.3 Å². The van der Waals surface area contributed by atoms with Crippen LogP contribution in [0.4, 0.5) is 4.39 Å². The molecule has 6 radical (unpaired) electrons. The number of nitrogens with zero attached hydrogens (tertiary/aromatic N) is 2. The summed E-state index contributed by atoms with van der Waals surface area (Å²) < 4.78 is 21.6. The van der Waals surface area contributed by atoms with Gasteiger partial charge >= 0.3 is 0 Å². The molecule has 3 atom stereocenters. The second-order valence-electron chi connectivity index (χ2n) is 10.7. The number of nitrogens with one attached hydrogen (secondary N) is 2. The lowest BCUT2D eigenvalue weighted by Crippen LogP contribution is -2.59. The van der Waals surface area contributed by atoms with E-state index in [1.54, 1.807) is 31.2 Å². The van der Waals surface area contributed by atoms with Crippen molar-refractivity contribution in [1.82, 2.24) is 20.4 Å². The molecule has 2 rings (SSSR count). The van der Waals surface area contributed by atoms with Crippen molar-refractivity contribution in [2.75, 3.05) is 26.7 Å². The number of allylic oxidation sites excluding steroid dienone is 3. The van der Waals surface area contributed by atoms with Gasteiger partial charge in [-0.25, -0.2) is 4.39 Å². The molecule has 12 heteroatoms. The van der Waals surface area contributed by atoms with Crippen molar-refractivity contribution in [3.8, 4) is 0 Å². The minimum absolute atomic E-state index is 0.0344. The predicted octanol–water partition coefficient (Wildman–Crippen LogP) is 1.93. The number of benzene rings is 1. The monoisotopic (exact) mass is 572 g/mol. The number of amides is 2. The molecule has 1 aliphatic heterocycles. The Bertz CT molecular complexity index is 1180. The molecule has 0 spiro atoms. The molecule has 2 N–H and O–H groups in total. The van der Waals surface area contributed by atoms with Crippen LogP contribution >= 0.6 is 0 Å². The summed E-state index contributed by atoms with van der Waals surface area (Å²) in [5.41, 5.74) is -0.0999. The summed E-state index contributed by atoms with van der Waals surface area (Å²) in [6.07, 6.45) is 7.90. The largest absolute Gasteiger partial charge is 0.398 e. The highest BCUT2D eigenvalue weighted by Crippen LogP contribution is 2.25. The smallest absolute Gasteiger partial charge is 0.236 e. The van der Waals surface area contributed by atoms with Gasteiger partial charge in [-0.15, -0.1) is 0 Å². The fraction of sp³-hybridized carbons (Fsp3) is 0.500. The molecule has 8 nitrogen and oxygen atoms in total. The van der Waals surface area contributed by atoms with Crippen molar-refractivity contribution in [2.24, 2.45) is 0 Å². The molecule has 220 valence electrons. The van der Waals surface area contributed by atoms with Crippen LogP contribution in [0.3, 0.4) is 0 Å². The van der Waals surface area contributed by atoms with Gasteiger partial charge in [0.25, 0.3) is 0 Å². The first-order valence-electron chi connectivity index (χ1n) is 14.0. The van der Waals surface area contributed by atoms with Crippen LogP contribution < -0.4 is 10.6 Å². The Balaban J connectivity index is 2.42. The average Bonchev–Trinajstić information content (AvgIpc) is 2.94. The third-order valence-corrected chi connectivity index (χ3v) is 7.19. The molecule has 1 aromatic carbocycles. The molecule has 1 heterocycles. The highest BCUT2D eigenvalue weighted by molar-refractivity contribution is 6.39. The van der Waals surface area contributed by atoms with Crippen LogP contribution in [0.1, 0.15) is 51.7 Å². The highest BCUT2D eigenvalue weighted by Gasteiger charge is 2.37. The van der Waals surface area contributed by atoms with E-state index < -0.39 is 22.5 Å². The van der Waals surface area contributed by atoms with Crippen molar-refractivity contribution in [3.63, 3.8) is 0 Å². The number of likely N-dealkylation sites (N-methyl/N-ethyl adjacent to an activating group) is 1. The van der Waals surface area contributed by atoms with E-state index in [4.69, 9.17) is 28.3 Å². The van der Waals surface area contributed by atoms with Gasteiger partial charge in [0.15, 0.2) is 0 Å². The zero-order valence-electron chi connectivity index (χ0n) is 25.2. The standard InChI is InChI=1S/C30H40B3FN4O4/c1-6-7-10-21(2)25(19-38(20-40)29(31,13-9-14-39)28(41)35-5)15-36-30(32,33)26-12-8-11-24(27(26)34)18-37-16-22(3)42-23(4)17-37/h6-8,10-12,14-15,20,22-23,36H,9,13,16-19H2,1-5H3,(H,35,41)/b7-6-,21-10-,25-15+. The van der Waals surface area contributed by atoms with Gasteiger partial charge in [-0.3, -0.25) is 14.5 Å². The minimum Gasteiger partial charge on any atom is -0.398 e. The van der Waals surface area contributed by atoms with Crippen LogP contribution in [0.25, 0.3) is 0 Å². The lowest BCUT2D eigenvalue weighted by atomic mass is 9.58. The summed E-state index contributed by atoms with van der Waals surface area (Å²) in [4.78, 5) is 39.2. The minimum atomic E-state index is -1.83. The Labute approximate surface area is 253 Å². The van der Waals surface area contributed by atoms with E-state index in [1.807, 2.05) is 26.8 Å². The number of carbonyl (C=O) groups is 3. The molecule has 3 unspecified atom stereocenters. The van der Waals surface area contributed by atoms with Gasteiger partial charge in [0.2, 0.25) is 12.3 Å². The van der Waals surface area contributed by atoms with E-state index >= 15 is 4.39 Å². The maximum atomic E-state index is 15.8. The zero-order valence-corrected chi connectivity index (χ0v) is 25.2. The molecular weight excluding hydrogens is 532 g/mol. The SMILES string of the molecule is [B]C([B])(N/C=C(CN(C=O)C([B])(CCC=O)C(=O)NC)/C(C)=C\C=C/C)c1cccc(CN2CC(C)OC(C)C2)c1F. The number of morpholine rings is 1. The quantitative estimate of drug-likeness (QED) is 0.190. The molecule has 1 fully saturated rings. The number of carbonyl (C=O) groups excluding carboxylic acids is 3. The van der Waals surface area contributed by atoms with Gasteiger partial charge in [-0.05, 0) is 56.2 Å². The summed E-state index contributed by atoms with van der Waals surface area (Å²) >= 11 is 0. The fourth-order valence-electron chi connectivity index (χ4n) is 4.93. The number of hydrogen-bond acceptors (Lipinski definition) is 6. The Morgan fingerprint density at radius 2 is 1.88 bits per heavy atom. The van der Waals surface area contributed by atoms with Crippen LogP contribution in [0, 0.1) is 5.82 Å². The third-order valence-electron chi connectivity index (χ3n) is 7.19. The van der Waals surface area contributed by atoms with E-state index in [0.717, 1.165) is 4.90 Å². The maximum Gasteiger partial charge on any atom is 0.236 e. The second-order valence-corrected chi connectivity index (χ2v) is 10.7. The van der Waals surface area contributed by atoms with E-state index in [1.165, 1.54) is 19.3 Å². The number of ether oxygens (including phenoxy) is 1. The lowest BCUT2D eigenvalue weighted by molar-refractivity contribution is -0.135. The summed E-state index contributed by atoms with van der Waals surface area (Å²) in [6, 6.07) is 4.91. The Morgan fingerprint density at radius 1 is 1.21 bits per heavy atom. The predicted molar refractivity (Wildman–Crippen MR) is 165 cm³/mol. The molecule has 0 aromatic heterocycles. The van der Waals surface area contributed by atoms with Crippen LogP contribution in [-0.2, 0) is 31.0 Å². The number of hydrogen-bond donors (Lipinski definition) is 2. The van der Waals surface area contributed by atoms with Gasteiger partial charge in [0.1, 0.15) is 19.9 Å². The first-order valence-corrected chi connectivity index (χ1v) is 14.0. The zero-order chi connectivity index (χ0) is 31.5. The molecule has 1 aromatic rings. The van der Waals surface area contributed by atoms with Crippen molar-refractivity contribution < 1.29 is 23.5 Å².